The van der Waals surface area contributed by atoms with Crippen molar-refractivity contribution in [1.82, 2.24) is 15.0 Å². The van der Waals surface area contributed by atoms with E-state index >= 15 is 0 Å². The lowest BCUT2D eigenvalue weighted by Crippen LogP contribution is -2.28. The summed E-state index contributed by atoms with van der Waals surface area (Å²) in [5.74, 6) is 1.86. The summed E-state index contributed by atoms with van der Waals surface area (Å²) in [4.78, 5) is 19.4. The van der Waals surface area contributed by atoms with Gasteiger partial charge in [0.15, 0.2) is 5.82 Å². The molecule has 1 aliphatic carbocycles. The molecule has 3 aromatic rings. The maximum Gasteiger partial charge on any atom is 0.261 e. The highest BCUT2D eigenvalue weighted by molar-refractivity contribution is 5.80. The molecule has 0 spiro atoms. The maximum absolute atomic E-state index is 12.8. The number of rotatable bonds is 5. The van der Waals surface area contributed by atoms with Crippen LogP contribution < -0.4 is 4.74 Å². The molecule has 1 fully saturated rings. The van der Waals surface area contributed by atoms with Crippen molar-refractivity contribution in [3.63, 3.8) is 0 Å². The average molecular weight is 389 g/mol. The van der Waals surface area contributed by atoms with E-state index in [2.05, 4.69) is 34.4 Å². The summed E-state index contributed by atoms with van der Waals surface area (Å²) in [5, 5.41) is 4.20. The lowest BCUT2D eigenvalue weighted by atomic mass is 10.1. The van der Waals surface area contributed by atoms with Crippen LogP contribution >= 0.6 is 0 Å². The Balaban J connectivity index is 1.37. The molecule has 29 heavy (non-hydrogen) atoms. The summed E-state index contributed by atoms with van der Waals surface area (Å²) in [6, 6.07) is 16.2. The lowest BCUT2D eigenvalue weighted by molar-refractivity contribution is -0.129. The normalized spacial score (nSPS) is 20.9. The Morgan fingerprint density at radius 3 is 2.90 bits per heavy atom. The number of aryl methyl sites for hydroxylation is 1. The van der Waals surface area contributed by atoms with Gasteiger partial charge in [0.05, 0.1) is 18.2 Å². The highest BCUT2D eigenvalue weighted by atomic mass is 16.5. The van der Waals surface area contributed by atoms with E-state index in [4.69, 9.17) is 9.26 Å². The minimum atomic E-state index is -0.0491. The Labute approximate surface area is 169 Å². The number of amides is 1. The van der Waals surface area contributed by atoms with Gasteiger partial charge in [-0.15, -0.1) is 0 Å². The number of nitrogens with zero attached hydrogens (tertiary/aromatic N) is 3. The number of benzene rings is 2. The molecule has 0 bridgehead atoms. The van der Waals surface area contributed by atoms with Gasteiger partial charge in [-0.25, -0.2) is 0 Å². The number of hydrogen-bond donors (Lipinski definition) is 0. The van der Waals surface area contributed by atoms with E-state index in [1.807, 2.05) is 36.1 Å². The fraction of sp³-hybridized carbons (Fsp3) is 0.348. The van der Waals surface area contributed by atoms with Gasteiger partial charge in [-0.05, 0) is 43.0 Å². The van der Waals surface area contributed by atoms with Crippen molar-refractivity contribution in [3.8, 4) is 17.2 Å². The molecule has 2 heterocycles. The van der Waals surface area contributed by atoms with Crippen LogP contribution in [0.2, 0.25) is 0 Å². The second-order valence-electron chi connectivity index (χ2n) is 7.59. The van der Waals surface area contributed by atoms with Crippen LogP contribution in [0.3, 0.4) is 0 Å². The molecule has 2 aliphatic rings. The van der Waals surface area contributed by atoms with Crippen LogP contribution in [0, 0.1) is 0 Å². The Morgan fingerprint density at radius 2 is 2.00 bits per heavy atom. The predicted octanol–water partition coefficient (Wildman–Crippen LogP) is 4.14. The van der Waals surface area contributed by atoms with Gasteiger partial charge in [0.25, 0.3) is 5.89 Å². The van der Waals surface area contributed by atoms with E-state index < -0.39 is 0 Å². The molecule has 5 rings (SSSR count). The first kappa shape index (κ1) is 17.9. The topological polar surface area (TPSA) is 68.5 Å². The maximum atomic E-state index is 12.8. The van der Waals surface area contributed by atoms with Crippen molar-refractivity contribution >= 4 is 5.91 Å². The van der Waals surface area contributed by atoms with Gasteiger partial charge in [0, 0.05) is 18.9 Å². The van der Waals surface area contributed by atoms with E-state index in [0.717, 1.165) is 24.2 Å². The number of hydrogen-bond acceptors (Lipinski definition) is 5. The molecule has 148 valence electrons. The SMILES string of the molecule is CCOc1ccccc1-c1nc(C2CC(=O)N(C3CCc4ccccc43)C2)no1. The average Bonchev–Trinajstić information content (AvgIpc) is 3.46. The second kappa shape index (κ2) is 7.35. The summed E-state index contributed by atoms with van der Waals surface area (Å²) in [6.07, 6.45) is 2.43. The van der Waals surface area contributed by atoms with Crippen LogP contribution in [-0.4, -0.2) is 34.1 Å². The first-order valence-electron chi connectivity index (χ1n) is 10.2. The summed E-state index contributed by atoms with van der Waals surface area (Å²) in [5.41, 5.74) is 3.41. The standard InChI is InChI=1S/C23H23N3O3/c1-2-28-20-10-6-5-9-18(20)23-24-22(25-29-23)16-13-21(27)26(14-16)19-12-11-15-7-3-4-8-17(15)19/h3-10,16,19H,2,11-14H2,1H3. The molecular formula is C23H23N3O3. The number of carbonyl (C=O) groups excluding carboxylic acids is 1. The van der Waals surface area contributed by atoms with E-state index in [1.54, 1.807) is 0 Å². The fourth-order valence-corrected chi connectivity index (χ4v) is 4.50. The van der Waals surface area contributed by atoms with Crippen molar-refractivity contribution in [3.05, 3.63) is 65.5 Å². The van der Waals surface area contributed by atoms with Crippen molar-refractivity contribution in [2.24, 2.45) is 0 Å². The molecule has 0 saturated carbocycles. The zero-order valence-electron chi connectivity index (χ0n) is 16.4. The molecule has 1 saturated heterocycles. The van der Waals surface area contributed by atoms with Gasteiger partial charge in [0.1, 0.15) is 5.75 Å². The summed E-state index contributed by atoms with van der Waals surface area (Å²) >= 11 is 0. The second-order valence-corrected chi connectivity index (χ2v) is 7.59. The lowest BCUT2D eigenvalue weighted by Gasteiger charge is -2.25. The van der Waals surface area contributed by atoms with E-state index in [0.29, 0.717) is 31.3 Å². The molecule has 1 amide bonds. The third-order valence-corrected chi connectivity index (χ3v) is 5.86. The van der Waals surface area contributed by atoms with Crippen LogP contribution in [0.4, 0.5) is 0 Å². The molecule has 0 radical (unpaired) electrons. The molecule has 6 nitrogen and oxygen atoms in total. The minimum absolute atomic E-state index is 0.0491. The molecule has 1 aromatic heterocycles. The molecule has 0 N–H and O–H groups in total. The van der Waals surface area contributed by atoms with Crippen molar-refractivity contribution in [1.29, 1.82) is 0 Å². The number of aromatic nitrogens is 2. The Morgan fingerprint density at radius 1 is 1.17 bits per heavy atom. The smallest absolute Gasteiger partial charge is 0.261 e. The largest absolute Gasteiger partial charge is 0.493 e. The number of para-hydroxylation sites is 1. The molecule has 1 aliphatic heterocycles. The number of ether oxygens (including phenoxy) is 1. The molecule has 2 unspecified atom stereocenters. The van der Waals surface area contributed by atoms with E-state index in [9.17, 15) is 4.79 Å². The summed E-state index contributed by atoms with van der Waals surface area (Å²) in [7, 11) is 0. The van der Waals surface area contributed by atoms with Crippen molar-refractivity contribution < 1.29 is 14.1 Å². The summed E-state index contributed by atoms with van der Waals surface area (Å²) < 4.78 is 11.2. The zero-order chi connectivity index (χ0) is 19.8. The van der Waals surface area contributed by atoms with Gasteiger partial charge in [-0.2, -0.15) is 4.98 Å². The van der Waals surface area contributed by atoms with Crippen molar-refractivity contribution in [2.75, 3.05) is 13.2 Å². The first-order valence-corrected chi connectivity index (χ1v) is 10.2. The van der Waals surface area contributed by atoms with E-state index in [-0.39, 0.29) is 17.9 Å². The first-order chi connectivity index (χ1) is 14.2. The van der Waals surface area contributed by atoms with E-state index in [1.165, 1.54) is 11.1 Å². The molecule has 6 heteroatoms. The fourth-order valence-electron chi connectivity index (χ4n) is 4.50. The molecule has 2 atom stereocenters. The van der Waals surface area contributed by atoms with Gasteiger partial charge in [-0.1, -0.05) is 41.6 Å². The van der Waals surface area contributed by atoms with Crippen LogP contribution in [0.5, 0.6) is 5.75 Å². The highest BCUT2D eigenvalue weighted by Crippen LogP contribution is 2.41. The quantitative estimate of drug-likeness (QED) is 0.656. The zero-order valence-corrected chi connectivity index (χ0v) is 16.4. The van der Waals surface area contributed by atoms with Gasteiger partial charge >= 0.3 is 0 Å². The van der Waals surface area contributed by atoms with Gasteiger partial charge < -0.3 is 14.2 Å². The number of likely N-dealkylation sites (tertiary alicyclic amines) is 1. The number of fused-ring (bicyclic) bond motifs is 1. The summed E-state index contributed by atoms with van der Waals surface area (Å²) in [6.45, 7) is 3.13. The monoisotopic (exact) mass is 389 g/mol. The van der Waals surface area contributed by atoms with Gasteiger partial charge in [0.2, 0.25) is 5.91 Å². The van der Waals surface area contributed by atoms with Gasteiger partial charge in [-0.3, -0.25) is 4.79 Å². The van der Waals surface area contributed by atoms with Crippen LogP contribution in [-0.2, 0) is 11.2 Å². The highest BCUT2D eigenvalue weighted by Gasteiger charge is 2.40. The Kier molecular flexibility index (Phi) is 4.54. The minimum Gasteiger partial charge on any atom is -0.493 e. The van der Waals surface area contributed by atoms with Crippen molar-refractivity contribution in [2.45, 2.75) is 38.1 Å². The van der Waals surface area contributed by atoms with Crippen LogP contribution in [0.15, 0.2) is 53.1 Å². The molecule has 2 aromatic carbocycles. The molecular weight excluding hydrogens is 366 g/mol. The Hall–Kier alpha value is -3.15. The predicted molar refractivity (Wildman–Crippen MR) is 107 cm³/mol. The third kappa shape index (κ3) is 3.18. The van der Waals surface area contributed by atoms with Crippen LogP contribution in [0.1, 0.15) is 48.7 Å². The Bertz CT molecular complexity index is 1050. The van der Waals surface area contributed by atoms with Crippen LogP contribution in [0.25, 0.3) is 11.5 Å². The number of carbonyl (C=O) groups is 1. The third-order valence-electron chi connectivity index (χ3n) is 5.86.